The molecule has 0 aromatic heterocycles. The summed E-state index contributed by atoms with van der Waals surface area (Å²) in [7, 11) is 3.12. The van der Waals surface area contributed by atoms with Gasteiger partial charge in [0.25, 0.3) is 0 Å². The molecule has 180 valence electrons. The SMILES string of the molecule is CN=C(NCc1cccc(NC(=O)C2CCC2)c1)NCc1cc(OC)ccc1OC(F)F.I. The highest BCUT2D eigenvalue weighted by atomic mass is 127. The summed E-state index contributed by atoms with van der Waals surface area (Å²) >= 11 is 0. The van der Waals surface area contributed by atoms with E-state index in [-0.39, 0.29) is 48.1 Å². The van der Waals surface area contributed by atoms with Gasteiger partial charge in [0.2, 0.25) is 5.91 Å². The lowest BCUT2D eigenvalue weighted by Crippen LogP contribution is -2.36. The smallest absolute Gasteiger partial charge is 0.387 e. The summed E-state index contributed by atoms with van der Waals surface area (Å²) in [4.78, 5) is 16.3. The van der Waals surface area contributed by atoms with Gasteiger partial charge in [-0.05, 0) is 48.7 Å². The molecule has 7 nitrogen and oxygen atoms in total. The lowest BCUT2D eigenvalue weighted by Gasteiger charge is -2.24. The van der Waals surface area contributed by atoms with Gasteiger partial charge in [-0.15, -0.1) is 24.0 Å². The molecule has 0 spiro atoms. The molecule has 2 aromatic carbocycles. The summed E-state index contributed by atoms with van der Waals surface area (Å²) in [6, 6.07) is 12.2. The van der Waals surface area contributed by atoms with E-state index in [4.69, 9.17) is 4.74 Å². The quantitative estimate of drug-likeness (QED) is 0.233. The Bertz CT molecular complexity index is 955. The Morgan fingerprint density at radius 2 is 1.91 bits per heavy atom. The highest BCUT2D eigenvalue weighted by molar-refractivity contribution is 14.0. The van der Waals surface area contributed by atoms with E-state index < -0.39 is 6.61 Å². The van der Waals surface area contributed by atoms with Crippen molar-refractivity contribution in [2.24, 2.45) is 10.9 Å². The fraction of sp³-hybridized carbons (Fsp3) is 0.391. The molecule has 33 heavy (non-hydrogen) atoms. The number of methoxy groups -OCH3 is 1. The molecule has 0 atom stereocenters. The fourth-order valence-electron chi connectivity index (χ4n) is 3.29. The Morgan fingerprint density at radius 1 is 1.15 bits per heavy atom. The number of rotatable bonds is 9. The molecule has 3 rings (SSSR count). The van der Waals surface area contributed by atoms with Gasteiger partial charge in [0, 0.05) is 37.3 Å². The normalized spacial score (nSPS) is 13.5. The highest BCUT2D eigenvalue weighted by Crippen LogP contribution is 2.28. The van der Waals surface area contributed by atoms with Crippen molar-refractivity contribution in [1.82, 2.24) is 10.6 Å². The summed E-state index contributed by atoms with van der Waals surface area (Å²) in [5.41, 5.74) is 2.23. The molecule has 0 bridgehead atoms. The molecule has 2 aromatic rings. The number of hydrogen-bond acceptors (Lipinski definition) is 4. The maximum Gasteiger partial charge on any atom is 0.387 e. The van der Waals surface area contributed by atoms with Crippen molar-refractivity contribution in [1.29, 1.82) is 0 Å². The van der Waals surface area contributed by atoms with Crippen LogP contribution in [0.2, 0.25) is 0 Å². The number of amides is 1. The number of aliphatic imine (C=N–C) groups is 1. The highest BCUT2D eigenvalue weighted by Gasteiger charge is 2.25. The second-order valence-electron chi connectivity index (χ2n) is 7.45. The van der Waals surface area contributed by atoms with Crippen molar-refractivity contribution < 1.29 is 23.0 Å². The van der Waals surface area contributed by atoms with Crippen LogP contribution in [0, 0.1) is 5.92 Å². The fourth-order valence-corrected chi connectivity index (χ4v) is 3.29. The van der Waals surface area contributed by atoms with Gasteiger partial charge in [-0.2, -0.15) is 8.78 Å². The average molecular weight is 574 g/mol. The van der Waals surface area contributed by atoms with Crippen LogP contribution >= 0.6 is 24.0 Å². The number of nitrogens with one attached hydrogen (secondary N) is 3. The van der Waals surface area contributed by atoms with Gasteiger partial charge in [-0.3, -0.25) is 9.79 Å². The minimum Gasteiger partial charge on any atom is -0.497 e. The average Bonchev–Trinajstić information content (AvgIpc) is 2.73. The number of nitrogens with zero attached hydrogens (tertiary/aromatic N) is 1. The second-order valence-corrected chi connectivity index (χ2v) is 7.45. The van der Waals surface area contributed by atoms with Crippen LogP contribution in [0.4, 0.5) is 14.5 Å². The van der Waals surface area contributed by atoms with E-state index in [2.05, 4.69) is 25.7 Å². The van der Waals surface area contributed by atoms with E-state index in [9.17, 15) is 13.6 Å². The van der Waals surface area contributed by atoms with Crippen LogP contribution < -0.4 is 25.4 Å². The number of carbonyl (C=O) groups excluding carboxylic acids is 1. The third-order valence-electron chi connectivity index (χ3n) is 5.28. The van der Waals surface area contributed by atoms with Crippen molar-refractivity contribution in [2.45, 2.75) is 39.0 Å². The number of benzene rings is 2. The first-order valence-corrected chi connectivity index (χ1v) is 10.4. The van der Waals surface area contributed by atoms with Gasteiger partial charge in [-0.1, -0.05) is 18.6 Å². The van der Waals surface area contributed by atoms with Gasteiger partial charge < -0.3 is 25.4 Å². The molecule has 0 unspecified atom stereocenters. The molecular weight excluding hydrogens is 545 g/mol. The first-order valence-electron chi connectivity index (χ1n) is 10.4. The van der Waals surface area contributed by atoms with Crippen LogP contribution in [0.25, 0.3) is 0 Å². The van der Waals surface area contributed by atoms with Crippen LogP contribution in [0.5, 0.6) is 11.5 Å². The Kier molecular flexibility index (Phi) is 10.6. The molecule has 0 aliphatic heterocycles. The van der Waals surface area contributed by atoms with E-state index in [1.807, 2.05) is 24.3 Å². The predicted octanol–water partition coefficient (Wildman–Crippen LogP) is 4.52. The topological polar surface area (TPSA) is 84.0 Å². The summed E-state index contributed by atoms with van der Waals surface area (Å²) in [6.07, 6.45) is 3.01. The number of alkyl halides is 2. The Hall–Kier alpha value is -2.63. The number of hydrogen-bond donors (Lipinski definition) is 3. The first kappa shape index (κ1) is 26.6. The minimum absolute atomic E-state index is 0. The molecule has 3 N–H and O–H groups in total. The molecule has 10 heteroatoms. The van der Waals surface area contributed by atoms with Crippen molar-refractivity contribution in [3.63, 3.8) is 0 Å². The van der Waals surface area contributed by atoms with Gasteiger partial charge >= 0.3 is 6.61 Å². The number of anilines is 1. The Balaban J connectivity index is 0.00000385. The van der Waals surface area contributed by atoms with E-state index in [0.29, 0.717) is 23.8 Å². The zero-order chi connectivity index (χ0) is 22.9. The van der Waals surface area contributed by atoms with Crippen LogP contribution in [0.3, 0.4) is 0 Å². The van der Waals surface area contributed by atoms with Gasteiger partial charge in [0.15, 0.2) is 5.96 Å². The Labute approximate surface area is 209 Å². The van der Waals surface area contributed by atoms with Gasteiger partial charge in [0.1, 0.15) is 11.5 Å². The standard InChI is InChI=1S/C23H28F2N4O3.HI/c1-26-23(28-14-17-12-19(31-2)9-10-20(17)32-22(24)25)27-13-15-5-3-8-18(11-15)29-21(30)16-6-4-7-16;/h3,5,8-12,16,22H,4,6-7,13-14H2,1-2H3,(H,29,30)(H2,26,27,28);1H. The van der Waals surface area contributed by atoms with Crippen molar-refractivity contribution in [3.05, 3.63) is 53.6 Å². The lowest BCUT2D eigenvalue weighted by atomic mass is 9.85. The molecule has 1 fully saturated rings. The molecule has 0 radical (unpaired) electrons. The number of halogens is 3. The molecule has 1 aliphatic carbocycles. The maximum atomic E-state index is 12.7. The van der Waals surface area contributed by atoms with E-state index in [1.54, 1.807) is 19.2 Å². The summed E-state index contributed by atoms with van der Waals surface area (Å²) < 4.78 is 35.2. The van der Waals surface area contributed by atoms with Gasteiger partial charge in [0.05, 0.1) is 7.11 Å². The maximum absolute atomic E-state index is 12.7. The molecule has 0 heterocycles. The molecule has 1 amide bonds. The van der Waals surface area contributed by atoms with E-state index in [0.717, 1.165) is 30.5 Å². The summed E-state index contributed by atoms with van der Waals surface area (Å²) in [5.74, 6) is 1.28. The Morgan fingerprint density at radius 3 is 2.55 bits per heavy atom. The summed E-state index contributed by atoms with van der Waals surface area (Å²) in [5, 5.41) is 9.23. The van der Waals surface area contributed by atoms with Crippen LogP contribution in [-0.2, 0) is 17.9 Å². The third-order valence-corrected chi connectivity index (χ3v) is 5.28. The molecule has 0 saturated heterocycles. The predicted molar refractivity (Wildman–Crippen MR) is 134 cm³/mol. The monoisotopic (exact) mass is 574 g/mol. The minimum atomic E-state index is -2.92. The number of carbonyl (C=O) groups is 1. The summed E-state index contributed by atoms with van der Waals surface area (Å²) in [6.45, 7) is -2.25. The molecular formula is C23H29F2IN4O3. The number of guanidine groups is 1. The van der Waals surface area contributed by atoms with Crippen LogP contribution in [-0.4, -0.2) is 32.6 Å². The van der Waals surface area contributed by atoms with Crippen molar-refractivity contribution >= 4 is 41.5 Å². The van der Waals surface area contributed by atoms with Gasteiger partial charge in [-0.25, -0.2) is 0 Å². The van der Waals surface area contributed by atoms with Crippen LogP contribution in [0.15, 0.2) is 47.5 Å². The van der Waals surface area contributed by atoms with Crippen LogP contribution in [0.1, 0.15) is 30.4 Å². The molecule has 1 aliphatic rings. The first-order chi connectivity index (χ1) is 15.5. The third kappa shape index (κ3) is 8.02. The zero-order valence-electron chi connectivity index (χ0n) is 18.6. The second kappa shape index (κ2) is 13.2. The lowest BCUT2D eigenvalue weighted by molar-refractivity contribution is -0.122. The zero-order valence-corrected chi connectivity index (χ0v) is 20.9. The van der Waals surface area contributed by atoms with Crippen molar-refractivity contribution in [2.75, 3.05) is 19.5 Å². The van der Waals surface area contributed by atoms with Crippen molar-refractivity contribution in [3.8, 4) is 11.5 Å². The van der Waals surface area contributed by atoms with E-state index >= 15 is 0 Å². The largest absolute Gasteiger partial charge is 0.497 e. The van der Waals surface area contributed by atoms with E-state index in [1.165, 1.54) is 13.2 Å². The molecule has 1 saturated carbocycles. The number of ether oxygens (including phenoxy) is 2.